The van der Waals surface area contributed by atoms with Gasteiger partial charge in [-0.05, 0) is 48.9 Å². The molecule has 1 fully saturated rings. The van der Waals surface area contributed by atoms with Gasteiger partial charge in [-0.25, -0.2) is 5.43 Å². The number of hydrogen-bond donors (Lipinski definition) is 1. The predicted octanol–water partition coefficient (Wildman–Crippen LogP) is 3.81. The molecule has 1 N–H and O–H groups in total. The third kappa shape index (κ3) is 5.54. The van der Waals surface area contributed by atoms with E-state index in [-0.39, 0.29) is 11.2 Å². The van der Waals surface area contributed by atoms with E-state index in [1.165, 1.54) is 11.8 Å². The van der Waals surface area contributed by atoms with Crippen molar-refractivity contribution in [1.82, 2.24) is 5.43 Å². The number of thioether (sulfide) groups is 2. The maximum atomic E-state index is 12.1. The Balaban J connectivity index is 1.45. The van der Waals surface area contributed by atoms with E-state index in [1.54, 1.807) is 6.21 Å². The minimum Gasteiger partial charge on any atom is -0.489 e. The van der Waals surface area contributed by atoms with Gasteiger partial charge in [0, 0.05) is 16.4 Å². The van der Waals surface area contributed by atoms with Gasteiger partial charge in [-0.3, -0.25) is 4.79 Å². The van der Waals surface area contributed by atoms with Crippen molar-refractivity contribution in [3.63, 3.8) is 0 Å². The van der Waals surface area contributed by atoms with Crippen LogP contribution in [0.4, 0.5) is 0 Å². The van der Waals surface area contributed by atoms with Crippen molar-refractivity contribution in [1.29, 1.82) is 0 Å². The van der Waals surface area contributed by atoms with Crippen LogP contribution in [0.15, 0.2) is 64.6 Å². The van der Waals surface area contributed by atoms with Crippen LogP contribution in [0.1, 0.15) is 12.5 Å². The molecule has 0 spiro atoms. The van der Waals surface area contributed by atoms with Gasteiger partial charge in [-0.15, -0.1) is 11.8 Å². The molecular weight excluding hydrogens is 352 g/mol. The normalized spacial score (nSPS) is 15.6. The summed E-state index contributed by atoms with van der Waals surface area (Å²) in [6, 6.07) is 17.6. The number of nitrogens with one attached hydrogen (secondary N) is 1. The molecule has 130 valence electrons. The molecule has 1 aliphatic heterocycles. The number of hydrogen-bond acceptors (Lipinski definition) is 5. The third-order valence-corrected chi connectivity index (χ3v) is 5.93. The number of amides is 1. The topological polar surface area (TPSA) is 50.7 Å². The smallest absolute Gasteiger partial charge is 0.253 e. The van der Waals surface area contributed by atoms with Crippen LogP contribution in [0.5, 0.6) is 5.75 Å². The molecule has 2 aromatic rings. The van der Waals surface area contributed by atoms with Crippen molar-refractivity contribution in [3.05, 3.63) is 60.2 Å². The SMILES string of the molecule is CC(Sc1ccccc1)C(=O)N/N=C/c1ccc(OC2CSC2)cc1. The van der Waals surface area contributed by atoms with Crippen LogP contribution in [0.2, 0.25) is 0 Å². The van der Waals surface area contributed by atoms with Gasteiger partial charge in [0.05, 0.1) is 11.5 Å². The maximum Gasteiger partial charge on any atom is 0.253 e. The molecule has 3 rings (SSSR count). The first-order valence-corrected chi connectivity index (χ1v) is 10.1. The zero-order valence-corrected chi connectivity index (χ0v) is 15.6. The van der Waals surface area contributed by atoms with Crippen molar-refractivity contribution in [2.75, 3.05) is 11.5 Å². The van der Waals surface area contributed by atoms with Gasteiger partial charge in [-0.1, -0.05) is 18.2 Å². The fourth-order valence-electron chi connectivity index (χ4n) is 2.13. The predicted molar refractivity (Wildman–Crippen MR) is 106 cm³/mol. The monoisotopic (exact) mass is 372 g/mol. The van der Waals surface area contributed by atoms with Crippen molar-refractivity contribution in [3.8, 4) is 5.75 Å². The first-order valence-electron chi connectivity index (χ1n) is 8.10. The van der Waals surface area contributed by atoms with E-state index in [9.17, 15) is 4.79 Å². The molecule has 1 unspecified atom stereocenters. The highest BCUT2D eigenvalue weighted by Crippen LogP contribution is 2.24. The summed E-state index contributed by atoms with van der Waals surface area (Å²) in [5.74, 6) is 2.88. The van der Waals surface area contributed by atoms with E-state index in [0.29, 0.717) is 6.10 Å². The van der Waals surface area contributed by atoms with Crippen LogP contribution in [0.3, 0.4) is 0 Å². The summed E-state index contributed by atoms with van der Waals surface area (Å²) < 4.78 is 5.80. The quantitative estimate of drug-likeness (QED) is 0.456. The summed E-state index contributed by atoms with van der Waals surface area (Å²) in [6.07, 6.45) is 1.98. The van der Waals surface area contributed by atoms with E-state index >= 15 is 0 Å². The second kappa shape index (κ2) is 8.97. The Morgan fingerprint density at radius 3 is 2.60 bits per heavy atom. The average molecular weight is 373 g/mol. The van der Waals surface area contributed by atoms with E-state index in [0.717, 1.165) is 27.7 Å². The van der Waals surface area contributed by atoms with E-state index in [4.69, 9.17) is 4.74 Å². The van der Waals surface area contributed by atoms with E-state index in [2.05, 4.69) is 10.5 Å². The molecule has 1 heterocycles. The summed E-state index contributed by atoms with van der Waals surface area (Å²) in [6.45, 7) is 1.87. The van der Waals surface area contributed by atoms with Crippen LogP contribution in [-0.2, 0) is 4.79 Å². The summed E-state index contributed by atoms with van der Waals surface area (Å²) in [7, 11) is 0. The lowest BCUT2D eigenvalue weighted by atomic mass is 10.2. The second-order valence-corrected chi connectivity index (χ2v) is 8.14. The van der Waals surface area contributed by atoms with Crippen LogP contribution < -0.4 is 10.2 Å². The van der Waals surface area contributed by atoms with E-state index < -0.39 is 0 Å². The summed E-state index contributed by atoms with van der Waals surface area (Å²) in [5.41, 5.74) is 3.51. The van der Waals surface area contributed by atoms with Crippen LogP contribution in [0.25, 0.3) is 0 Å². The Morgan fingerprint density at radius 2 is 1.96 bits per heavy atom. The van der Waals surface area contributed by atoms with Gasteiger partial charge in [0.15, 0.2) is 0 Å². The van der Waals surface area contributed by atoms with Crippen molar-refractivity contribution in [2.45, 2.75) is 23.2 Å². The Morgan fingerprint density at radius 1 is 1.24 bits per heavy atom. The molecule has 1 atom stereocenters. The third-order valence-electron chi connectivity index (χ3n) is 3.60. The molecule has 1 saturated heterocycles. The lowest BCUT2D eigenvalue weighted by Crippen LogP contribution is -2.30. The molecule has 0 aliphatic carbocycles. The molecule has 2 aromatic carbocycles. The number of carbonyl (C=O) groups is 1. The average Bonchev–Trinajstić information content (AvgIpc) is 2.60. The van der Waals surface area contributed by atoms with Crippen molar-refractivity contribution >= 4 is 35.6 Å². The van der Waals surface area contributed by atoms with Crippen LogP contribution >= 0.6 is 23.5 Å². The fraction of sp³-hybridized carbons (Fsp3) is 0.263. The van der Waals surface area contributed by atoms with Gasteiger partial charge in [0.2, 0.25) is 0 Å². The van der Waals surface area contributed by atoms with Crippen LogP contribution in [0, 0.1) is 0 Å². The zero-order chi connectivity index (χ0) is 17.5. The summed E-state index contributed by atoms with van der Waals surface area (Å²) in [4.78, 5) is 13.1. The Labute approximate surface area is 156 Å². The molecule has 0 bridgehead atoms. The Bertz CT molecular complexity index is 716. The number of nitrogens with zero attached hydrogens (tertiary/aromatic N) is 1. The molecule has 0 aromatic heterocycles. The van der Waals surface area contributed by atoms with Crippen molar-refractivity contribution < 1.29 is 9.53 Å². The van der Waals surface area contributed by atoms with Crippen LogP contribution in [-0.4, -0.2) is 35.0 Å². The molecule has 0 radical (unpaired) electrons. The number of hydrazone groups is 1. The maximum absolute atomic E-state index is 12.1. The highest BCUT2D eigenvalue weighted by atomic mass is 32.2. The van der Waals surface area contributed by atoms with Gasteiger partial charge in [0.25, 0.3) is 5.91 Å². The van der Waals surface area contributed by atoms with Gasteiger partial charge in [0.1, 0.15) is 11.9 Å². The molecule has 6 heteroatoms. The number of rotatable bonds is 7. The highest BCUT2D eigenvalue weighted by Gasteiger charge is 2.19. The number of carbonyl (C=O) groups excluding carboxylic acids is 1. The molecule has 25 heavy (non-hydrogen) atoms. The zero-order valence-electron chi connectivity index (χ0n) is 13.9. The highest BCUT2D eigenvalue weighted by molar-refractivity contribution is 8.00. The Kier molecular flexibility index (Phi) is 6.42. The fourth-order valence-corrected chi connectivity index (χ4v) is 3.57. The van der Waals surface area contributed by atoms with Gasteiger partial charge in [-0.2, -0.15) is 16.9 Å². The van der Waals surface area contributed by atoms with E-state index in [1.807, 2.05) is 73.3 Å². The largest absolute Gasteiger partial charge is 0.489 e. The number of benzene rings is 2. The molecule has 4 nitrogen and oxygen atoms in total. The second-order valence-electron chi connectivity index (χ2n) is 5.65. The molecular formula is C19H20N2O2S2. The first-order chi connectivity index (χ1) is 12.2. The molecule has 0 saturated carbocycles. The molecule has 1 amide bonds. The minimum atomic E-state index is -0.212. The number of ether oxygens (including phenoxy) is 1. The lowest BCUT2D eigenvalue weighted by Gasteiger charge is -2.25. The standard InChI is InChI=1S/C19H20N2O2S2/c1-14(25-18-5-3-2-4-6-18)19(22)21-20-11-15-7-9-16(10-8-15)23-17-12-24-13-17/h2-11,14,17H,12-13H2,1H3,(H,21,22)/b20-11+. The lowest BCUT2D eigenvalue weighted by molar-refractivity contribution is -0.120. The first kappa shape index (κ1) is 17.9. The minimum absolute atomic E-state index is 0.118. The Hall–Kier alpha value is -1.92. The summed E-state index contributed by atoms with van der Waals surface area (Å²) >= 11 is 3.40. The van der Waals surface area contributed by atoms with Gasteiger partial charge < -0.3 is 4.74 Å². The summed E-state index contributed by atoms with van der Waals surface area (Å²) in [5, 5.41) is 3.83. The van der Waals surface area contributed by atoms with Crippen molar-refractivity contribution in [2.24, 2.45) is 5.10 Å². The van der Waals surface area contributed by atoms with Gasteiger partial charge >= 0.3 is 0 Å². The molecule has 1 aliphatic rings.